The predicted molar refractivity (Wildman–Crippen MR) is 511 cm³/mol. The van der Waals surface area contributed by atoms with Crippen molar-refractivity contribution in [3.63, 3.8) is 0 Å². The number of H-pyrrole nitrogens is 1. The Morgan fingerprint density at radius 1 is 0.409 bits per heavy atom. The van der Waals surface area contributed by atoms with Gasteiger partial charge in [-0.25, -0.2) is 9.78 Å². The van der Waals surface area contributed by atoms with E-state index in [1.54, 1.807) is 52.8 Å². The summed E-state index contributed by atoms with van der Waals surface area (Å²) in [7, 11) is 0. The lowest BCUT2D eigenvalue weighted by molar-refractivity contribution is -0.143. The number of amides is 20. The number of hydrogen-bond donors (Lipinski definition) is 32. The molecule has 0 unspecified atom stereocenters. The quantitative estimate of drug-likeness (QED) is 0.0292. The lowest BCUT2D eigenvalue weighted by Gasteiger charge is -2.31. The predicted octanol–water partition coefficient (Wildman–Crippen LogP) is -12.9. The van der Waals surface area contributed by atoms with Crippen LogP contribution in [0.15, 0.2) is 42.9 Å². The van der Waals surface area contributed by atoms with Crippen LogP contribution in [0.4, 0.5) is 0 Å². The van der Waals surface area contributed by atoms with Crippen molar-refractivity contribution in [2.24, 2.45) is 35.1 Å². The monoisotopic (exact) mass is 2120 g/mol. The van der Waals surface area contributed by atoms with Gasteiger partial charge in [0.1, 0.15) is 115 Å². The number of aromatic nitrogens is 2. The van der Waals surface area contributed by atoms with Crippen molar-refractivity contribution in [3.8, 4) is 0 Å². The molecule has 1 aliphatic rings. The van der Waals surface area contributed by atoms with Crippen molar-refractivity contribution in [2.75, 3.05) is 46.1 Å². The third-order valence-corrected chi connectivity index (χ3v) is 23.0. The Morgan fingerprint density at radius 2 is 0.805 bits per heavy atom. The van der Waals surface area contributed by atoms with Crippen LogP contribution in [0.2, 0.25) is 0 Å². The molecule has 0 saturated carbocycles. The maximum atomic E-state index is 14.4. The van der Waals surface area contributed by atoms with Gasteiger partial charge in [-0.3, -0.25) is 115 Å². The number of carbonyl (C=O) groups excluding carboxylic acids is 20. The fourth-order valence-corrected chi connectivity index (χ4v) is 14.6. The molecule has 1 fully saturated rings. The number of imidazole rings is 1. The van der Waals surface area contributed by atoms with Gasteiger partial charge in [-0.05, 0) is 88.0 Å². The molecule has 1 saturated heterocycles. The Balaban J connectivity index is 1.79. The zero-order valence-corrected chi connectivity index (χ0v) is 83.6. The number of aliphatic hydroxyl groups excluding tert-OH is 6. The number of carbonyl (C=O) groups is 25. The van der Waals surface area contributed by atoms with Gasteiger partial charge in [0.05, 0.1) is 70.5 Å². The molecule has 0 spiro atoms. The van der Waals surface area contributed by atoms with Crippen LogP contribution in [0, 0.1) is 23.7 Å². The molecule has 0 radical (unpaired) electrons. The maximum absolute atomic E-state index is 14.4. The summed E-state index contributed by atoms with van der Waals surface area (Å²) < 4.78 is 0. The number of hydrogen-bond acceptors (Lipinski definition) is 33. The highest BCUT2D eigenvalue weighted by molar-refractivity contribution is 6.03. The van der Waals surface area contributed by atoms with E-state index in [1.165, 1.54) is 57.3 Å². The van der Waals surface area contributed by atoms with Crippen molar-refractivity contribution >= 4 is 148 Å². The molecule has 2 aromatic rings. The number of benzene rings is 1. The highest BCUT2D eigenvalue weighted by Gasteiger charge is 2.44. The van der Waals surface area contributed by atoms with Crippen LogP contribution in [-0.4, -0.2) is 386 Å². The number of carboxylic acid groups (broad SMARTS) is 5. The topological polar surface area (TPSA) is 950 Å². The van der Waals surface area contributed by atoms with Crippen LogP contribution < -0.4 is 107 Å². The third-order valence-electron chi connectivity index (χ3n) is 23.0. The number of nitrogens with zero attached hydrogens (tertiary/aromatic N) is 2. The fraction of sp³-hybridized carbons (Fsp3) is 0.622. The van der Waals surface area contributed by atoms with E-state index < -0.39 is 384 Å². The number of nitrogens with two attached hydrogens (primary N) is 2. The molecule has 1 aromatic heterocycles. The number of aromatic amines is 1. The highest BCUT2D eigenvalue weighted by Crippen LogP contribution is 2.23. The van der Waals surface area contributed by atoms with Crippen molar-refractivity contribution in [2.45, 2.75) is 286 Å². The third kappa shape index (κ3) is 44.6. The molecule has 830 valence electrons. The van der Waals surface area contributed by atoms with Gasteiger partial charge in [-0.1, -0.05) is 92.1 Å². The van der Waals surface area contributed by atoms with Crippen molar-refractivity contribution < 1.29 is 176 Å². The second-order valence-corrected chi connectivity index (χ2v) is 36.5. The summed E-state index contributed by atoms with van der Waals surface area (Å²) in [6.45, 7) is 7.94. The van der Waals surface area contributed by atoms with Gasteiger partial charge < -0.3 is 173 Å². The number of nitrogens with one attached hydrogen (secondary N) is 19. The van der Waals surface area contributed by atoms with E-state index >= 15 is 0 Å². The zero-order valence-electron chi connectivity index (χ0n) is 83.6. The molecule has 59 heteroatoms. The SMILES string of the molecule is CC[C@H](C)[C@H](NC(=O)[C@H](CC(C)C)NC(=O)[C@H](CC(N)=O)NC(=O)[C@@H]1CCCN1C(=O)[C@H](CC(C)C)NC(=O)[C@H](C)NC(=O)[C@@H](N)CO)C(=O)N[C@@H](CO)C(=O)N[C@H](C(=O)N[C@@H](Cc1c[nH]cn1)C(=O)NCC(=O)N[C@H](C(=O)N[C@@H](CCC(=O)O)C(=O)N[C@@H](CO)C(=O)N[C@@H](CO)C(=O)N[C@@H](CO)C(=O)N[C@@H](CCC(=O)O)C(=O)N[C@@H](CC(=O)O)C(=O)N[C@@H](CCC(=O)O)C(=O)N[C@@H](Cc1ccccc1)C(=O)O)C(C)C)[C@@H](C)O. The average Bonchev–Trinajstić information content (AvgIpc) is 1.64. The number of rotatable bonds is 68. The van der Waals surface area contributed by atoms with Gasteiger partial charge in [0.25, 0.3) is 0 Å². The van der Waals surface area contributed by atoms with Crippen molar-refractivity contribution in [1.29, 1.82) is 0 Å². The van der Waals surface area contributed by atoms with E-state index in [2.05, 4.69) is 79.1 Å². The van der Waals surface area contributed by atoms with Crippen LogP contribution in [0.25, 0.3) is 0 Å². The number of primary amides is 1. The van der Waals surface area contributed by atoms with E-state index in [1.807, 2.05) is 26.6 Å². The van der Waals surface area contributed by atoms with Gasteiger partial charge >= 0.3 is 29.8 Å². The first kappa shape index (κ1) is 128. The fourth-order valence-electron chi connectivity index (χ4n) is 14.6. The standard InChI is InChI=1S/C90H139N23O36/c1-11-43(8)70(111-80(138)52(26-40(2)3)100-78(136)54(30-63(92)120)102-85(143)62-18-15-25-113(62)89(147)56(27-41(4)5)104-72(130)44(9)96-73(131)48(91)34-114)87(145)109-61(38-118)84(142)112-71(45(10)119)88(146)103-53(29-47-32-93-39-95-47)74(132)94-33-64(121)110-69(42(6)7)86(144)99-51(21-24-67(126)127)77(135)106-59(36-116)82(140)108-60(37-117)83(141)107-58(35-115)81(139)98-49(19-22-65(122)123)75(133)101-55(31-68(128)129)79(137)97-50(20-23-66(124)125)76(134)105-57(90(148)149)28-46-16-13-12-14-17-46/h12-14,16-17,32,39-45,48-62,69-71,114-119H,11,15,18-31,33-38,91H2,1-10H3,(H2,92,120)(H,93,95)(H,94,132)(H,96,131)(H,97,137)(H,98,139)(H,99,144)(H,100,136)(H,101,133)(H,102,143)(H,103,146)(H,104,130)(H,105,134)(H,106,135)(H,107,141)(H,108,140)(H,109,145)(H,110,121)(H,111,138)(H,112,142)(H,122,123)(H,124,125)(H,126,127)(H,128,129)(H,148,149)/t43-,44-,45+,48-,49-,50-,51-,52-,53-,54-,55-,56-,57-,58-,59-,60-,61-,62-,69-,70-,71-/m0/s1. The molecule has 20 amide bonds. The van der Waals surface area contributed by atoms with Crippen LogP contribution in [-0.2, 0) is 133 Å². The Hall–Kier alpha value is -15.1. The van der Waals surface area contributed by atoms with Gasteiger partial charge in [-0.2, -0.15) is 0 Å². The van der Waals surface area contributed by atoms with Gasteiger partial charge in [0.2, 0.25) is 118 Å². The molecule has 21 atom stereocenters. The second-order valence-electron chi connectivity index (χ2n) is 36.5. The molecular formula is C90H139N23O36. The minimum atomic E-state index is -2.24. The van der Waals surface area contributed by atoms with E-state index in [4.69, 9.17) is 11.5 Å². The molecule has 34 N–H and O–H groups in total. The number of aliphatic hydroxyl groups is 6. The summed E-state index contributed by atoms with van der Waals surface area (Å²) in [6, 6.07) is -26.2. The van der Waals surface area contributed by atoms with Gasteiger partial charge in [0.15, 0.2) is 0 Å². The minimum Gasteiger partial charge on any atom is -0.481 e. The molecule has 149 heavy (non-hydrogen) atoms. The van der Waals surface area contributed by atoms with Crippen LogP contribution >= 0.6 is 0 Å². The summed E-state index contributed by atoms with van der Waals surface area (Å²) in [4.78, 5) is 344. The van der Waals surface area contributed by atoms with E-state index in [9.17, 15) is 176 Å². The second kappa shape index (κ2) is 64.1. The Bertz CT molecular complexity index is 4970. The molecular weight excluding hydrogens is 1980 g/mol. The van der Waals surface area contributed by atoms with Crippen LogP contribution in [0.3, 0.4) is 0 Å². The lowest BCUT2D eigenvalue weighted by atomic mass is 9.96. The Morgan fingerprint density at radius 3 is 1.23 bits per heavy atom. The summed E-state index contributed by atoms with van der Waals surface area (Å²) >= 11 is 0. The van der Waals surface area contributed by atoms with Gasteiger partial charge in [-0.15, -0.1) is 0 Å². The van der Waals surface area contributed by atoms with E-state index in [0.29, 0.717) is 5.56 Å². The summed E-state index contributed by atoms with van der Waals surface area (Å²) in [5, 5.41) is 150. The van der Waals surface area contributed by atoms with Crippen molar-refractivity contribution in [1.82, 2.24) is 111 Å². The summed E-state index contributed by atoms with van der Waals surface area (Å²) in [6.07, 6.45) is -7.10. The number of aliphatic carboxylic acids is 5. The smallest absolute Gasteiger partial charge is 0.326 e. The Kier molecular flexibility index (Phi) is 55.1. The van der Waals surface area contributed by atoms with Gasteiger partial charge in [0, 0.05) is 44.8 Å². The summed E-state index contributed by atoms with van der Waals surface area (Å²) in [5.74, 6) is -34.6. The average molecular weight is 2120 g/mol. The molecule has 1 aliphatic heterocycles. The molecule has 0 aliphatic carbocycles. The van der Waals surface area contributed by atoms with E-state index in [0.717, 1.165) is 6.92 Å². The maximum Gasteiger partial charge on any atom is 0.326 e. The van der Waals surface area contributed by atoms with Crippen molar-refractivity contribution in [3.05, 3.63) is 54.1 Å². The first-order valence-corrected chi connectivity index (χ1v) is 47.6. The number of carboxylic acids is 5. The molecule has 2 heterocycles. The first-order valence-electron chi connectivity index (χ1n) is 47.6. The minimum absolute atomic E-state index is 0.00608. The first-order chi connectivity index (χ1) is 69.9. The normalized spacial score (nSPS) is 16.2. The lowest BCUT2D eigenvalue weighted by Crippen LogP contribution is -2.63. The zero-order chi connectivity index (χ0) is 113. The Labute approximate surface area is 853 Å². The molecule has 59 nitrogen and oxygen atoms in total. The van der Waals surface area contributed by atoms with Crippen LogP contribution in [0.1, 0.15) is 164 Å². The molecule has 1 aromatic carbocycles. The van der Waals surface area contributed by atoms with Crippen LogP contribution in [0.5, 0.6) is 0 Å². The summed E-state index contributed by atoms with van der Waals surface area (Å²) in [5.41, 5.74) is 11.6. The largest absolute Gasteiger partial charge is 0.481 e. The number of likely N-dealkylation sites (tertiary alicyclic amines) is 1. The molecule has 0 bridgehead atoms. The van der Waals surface area contributed by atoms with E-state index in [-0.39, 0.29) is 56.7 Å². The molecule has 3 rings (SSSR count). The highest BCUT2D eigenvalue weighted by atomic mass is 16.4.